The molecule has 0 radical (unpaired) electrons. The molecule has 5 nitrogen and oxygen atoms in total. The maximum Gasteiger partial charge on any atom is 0.158 e. The van der Waals surface area contributed by atoms with Crippen LogP contribution in [0.5, 0.6) is 0 Å². The van der Waals surface area contributed by atoms with Gasteiger partial charge in [-0.3, -0.25) is 0 Å². The third kappa shape index (κ3) is 5.16. The summed E-state index contributed by atoms with van der Waals surface area (Å²) in [6, 6.07) is 53.0. The molecule has 0 amide bonds. The van der Waals surface area contributed by atoms with Crippen molar-refractivity contribution in [3.63, 3.8) is 0 Å². The van der Waals surface area contributed by atoms with Gasteiger partial charge in [0.15, 0.2) is 9.84 Å². The van der Waals surface area contributed by atoms with Gasteiger partial charge in [0, 0.05) is 27.6 Å². The molecule has 50 heavy (non-hydrogen) atoms. The molecule has 0 saturated carbocycles. The quantitative estimate of drug-likeness (QED) is 0.188. The number of rotatable bonds is 4. The van der Waals surface area contributed by atoms with E-state index in [1.54, 1.807) is 0 Å². The first kappa shape index (κ1) is 29.8. The number of hydrogen-bond acceptors (Lipinski definition) is 4. The largest absolute Gasteiger partial charge is 0.309 e. The lowest BCUT2D eigenvalue weighted by Gasteiger charge is -2.16. The minimum Gasteiger partial charge on any atom is -0.309 e. The predicted octanol–water partition coefficient (Wildman–Crippen LogP) is 10.1. The van der Waals surface area contributed by atoms with Crippen molar-refractivity contribution >= 4 is 31.6 Å². The zero-order valence-electron chi connectivity index (χ0n) is 26.9. The van der Waals surface area contributed by atoms with Gasteiger partial charge in [-0.05, 0) is 88.0 Å². The number of nitrogens with zero attached hydrogens (tertiary/aromatic N) is 3. The van der Waals surface area contributed by atoms with Gasteiger partial charge in [0.25, 0.3) is 0 Å². The second-order valence-electron chi connectivity index (χ2n) is 12.8. The lowest BCUT2D eigenvalue weighted by molar-refractivity contribution is 0.595. The fraction of sp³-hybridized carbons (Fsp3) is 0.0455. The standard InChI is InChI=1S/C44H29N3O2S/c45-26-29-15-20-44-40(21-29)37-13-7-8-14-43(37)47(44)36-19-18-34-28-50(48,49)27-33-17-16-32(22-38(33)39(34)25-36)35-23-41(30-9-3-1-4-10-30)46-42(24-35)31-11-5-2-6-12-31/h1-25H,27-28H2. The van der Waals surface area contributed by atoms with Crippen molar-refractivity contribution in [1.29, 1.82) is 5.26 Å². The molecule has 6 aromatic carbocycles. The summed E-state index contributed by atoms with van der Waals surface area (Å²) in [5.74, 6) is -0.0588. The topological polar surface area (TPSA) is 75.8 Å². The number of hydrogen-bond donors (Lipinski definition) is 0. The van der Waals surface area contributed by atoms with Crippen molar-refractivity contribution in [2.75, 3.05) is 0 Å². The molecule has 8 aromatic rings. The summed E-state index contributed by atoms with van der Waals surface area (Å²) in [5, 5.41) is 11.7. The van der Waals surface area contributed by atoms with E-state index in [0.29, 0.717) is 5.56 Å². The van der Waals surface area contributed by atoms with Crippen LogP contribution in [0, 0.1) is 11.3 Å². The van der Waals surface area contributed by atoms with Crippen LogP contribution in [0.3, 0.4) is 0 Å². The van der Waals surface area contributed by atoms with E-state index in [-0.39, 0.29) is 11.5 Å². The van der Waals surface area contributed by atoms with Crippen molar-refractivity contribution in [1.82, 2.24) is 9.55 Å². The van der Waals surface area contributed by atoms with Crippen LogP contribution < -0.4 is 0 Å². The second-order valence-corrected chi connectivity index (χ2v) is 14.9. The Morgan fingerprint density at radius 1 is 0.540 bits per heavy atom. The summed E-state index contributed by atoms with van der Waals surface area (Å²) in [5.41, 5.74) is 12.7. The molecule has 0 unspecified atom stereocenters. The fourth-order valence-electron chi connectivity index (χ4n) is 7.27. The van der Waals surface area contributed by atoms with Gasteiger partial charge in [-0.15, -0.1) is 0 Å². The Labute approximate surface area is 290 Å². The molecule has 1 aliphatic rings. The average molecular weight is 664 g/mol. The summed E-state index contributed by atoms with van der Waals surface area (Å²) < 4.78 is 29.1. The molecule has 0 aliphatic carbocycles. The highest BCUT2D eigenvalue weighted by Gasteiger charge is 2.25. The molecule has 9 rings (SSSR count). The van der Waals surface area contributed by atoms with Crippen LogP contribution in [-0.2, 0) is 21.3 Å². The number of nitriles is 1. The highest BCUT2D eigenvalue weighted by atomic mass is 32.2. The fourth-order valence-corrected chi connectivity index (χ4v) is 8.82. The van der Waals surface area contributed by atoms with Gasteiger partial charge in [0.1, 0.15) is 0 Å². The van der Waals surface area contributed by atoms with Crippen LogP contribution >= 0.6 is 0 Å². The lowest BCUT2D eigenvalue weighted by atomic mass is 9.91. The minimum absolute atomic E-state index is 0.0280. The molecule has 0 spiro atoms. The Kier molecular flexibility index (Phi) is 6.97. The van der Waals surface area contributed by atoms with Crippen LogP contribution in [0.15, 0.2) is 152 Å². The van der Waals surface area contributed by atoms with Crippen LogP contribution in [0.1, 0.15) is 16.7 Å². The van der Waals surface area contributed by atoms with Crippen LogP contribution in [0.2, 0.25) is 0 Å². The highest BCUT2D eigenvalue weighted by Crippen LogP contribution is 2.40. The van der Waals surface area contributed by atoms with Gasteiger partial charge in [-0.2, -0.15) is 5.26 Å². The van der Waals surface area contributed by atoms with Crippen molar-refractivity contribution in [2.45, 2.75) is 11.5 Å². The van der Waals surface area contributed by atoms with Crippen molar-refractivity contribution < 1.29 is 8.42 Å². The normalized spacial score (nSPS) is 13.3. The second kappa shape index (κ2) is 11.7. The number of para-hydroxylation sites is 1. The van der Waals surface area contributed by atoms with E-state index >= 15 is 0 Å². The van der Waals surface area contributed by atoms with Crippen LogP contribution in [-0.4, -0.2) is 18.0 Å². The van der Waals surface area contributed by atoms with E-state index in [4.69, 9.17) is 4.98 Å². The van der Waals surface area contributed by atoms with Gasteiger partial charge in [-0.1, -0.05) is 97.1 Å². The molecule has 2 aromatic heterocycles. The summed E-state index contributed by atoms with van der Waals surface area (Å²) in [6.45, 7) is 0. The molecule has 0 atom stereocenters. The Balaban J connectivity index is 1.26. The van der Waals surface area contributed by atoms with Crippen LogP contribution in [0.4, 0.5) is 0 Å². The van der Waals surface area contributed by atoms with E-state index < -0.39 is 9.84 Å². The molecule has 6 heteroatoms. The Bertz CT molecular complexity index is 2720. The van der Waals surface area contributed by atoms with E-state index in [1.165, 1.54) is 0 Å². The maximum atomic E-state index is 13.4. The first-order chi connectivity index (χ1) is 24.4. The smallest absolute Gasteiger partial charge is 0.158 e. The summed E-state index contributed by atoms with van der Waals surface area (Å²) in [4.78, 5) is 5.06. The zero-order valence-corrected chi connectivity index (χ0v) is 27.7. The van der Waals surface area contributed by atoms with E-state index in [0.717, 1.165) is 83.4 Å². The summed E-state index contributed by atoms with van der Waals surface area (Å²) in [7, 11) is -3.40. The number of benzene rings is 6. The maximum absolute atomic E-state index is 13.4. The molecule has 0 saturated heterocycles. The average Bonchev–Trinajstić information content (AvgIpc) is 3.43. The molecule has 238 valence electrons. The molecule has 1 aliphatic heterocycles. The summed E-state index contributed by atoms with van der Waals surface area (Å²) >= 11 is 0. The highest BCUT2D eigenvalue weighted by molar-refractivity contribution is 7.89. The Hall–Kier alpha value is -6.29. The number of pyridine rings is 1. The van der Waals surface area contributed by atoms with Gasteiger partial charge >= 0.3 is 0 Å². The summed E-state index contributed by atoms with van der Waals surface area (Å²) in [6.07, 6.45) is 0. The van der Waals surface area contributed by atoms with E-state index in [2.05, 4.69) is 71.3 Å². The first-order valence-corrected chi connectivity index (χ1v) is 18.3. The first-order valence-electron chi connectivity index (χ1n) is 16.5. The Morgan fingerprint density at radius 2 is 1.14 bits per heavy atom. The van der Waals surface area contributed by atoms with Gasteiger partial charge in [0.2, 0.25) is 0 Å². The SMILES string of the molecule is N#Cc1ccc2c(c1)c1ccccc1n2-c1ccc2c(c1)-c1cc(-c3cc(-c4ccccc4)nc(-c4ccccc4)c3)ccc1CS(=O)(=O)C2. The molecule has 0 N–H and O–H groups in total. The van der Waals surface area contributed by atoms with E-state index in [1.807, 2.05) is 91.0 Å². The van der Waals surface area contributed by atoms with Gasteiger partial charge < -0.3 is 4.57 Å². The van der Waals surface area contributed by atoms with Crippen molar-refractivity contribution in [3.8, 4) is 56.5 Å². The number of aromatic nitrogens is 2. The minimum atomic E-state index is -3.40. The zero-order chi connectivity index (χ0) is 33.8. The number of fused-ring (bicyclic) bond motifs is 6. The molecular weight excluding hydrogens is 635 g/mol. The lowest BCUT2D eigenvalue weighted by Crippen LogP contribution is -2.05. The third-order valence-corrected chi connectivity index (χ3v) is 11.1. The van der Waals surface area contributed by atoms with Gasteiger partial charge in [0.05, 0.1) is 45.6 Å². The van der Waals surface area contributed by atoms with Crippen LogP contribution in [0.25, 0.3) is 72.3 Å². The monoisotopic (exact) mass is 663 g/mol. The van der Waals surface area contributed by atoms with Crippen molar-refractivity contribution in [2.24, 2.45) is 0 Å². The Morgan fingerprint density at radius 3 is 1.82 bits per heavy atom. The molecule has 3 heterocycles. The molecule has 0 fully saturated rings. The predicted molar refractivity (Wildman–Crippen MR) is 201 cm³/mol. The molecule has 0 bridgehead atoms. The van der Waals surface area contributed by atoms with Crippen molar-refractivity contribution in [3.05, 3.63) is 168 Å². The number of sulfone groups is 1. The van der Waals surface area contributed by atoms with Gasteiger partial charge in [-0.25, -0.2) is 13.4 Å². The molecular formula is C44H29N3O2S. The third-order valence-electron chi connectivity index (χ3n) is 9.60. The van der Waals surface area contributed by atoms with E-state index in [9.17, 15) is 13.7 Å².